The number of carbonyl (C=O) groups is 1. The summed E-state index contributed by atoms with van der Waals surface area (Å²) in [5.41, 5.74) is 0.500. The van der Waals surface area contributed by atoms with E-state index in [-0.39, 0.29) is 18.3 Å². The predicted molar refractivity (Wildman–Crippen MR) is 95.6 cm³/mol. The topological polar surface area (TPSA) is 66.5 Å². The van der Waals surface area contributed by atoms with Crippen molar-refractivity contribution in [2.75, 3.05) is 18.4 Å². The van der Waals surface area contributed by atoms with E-state index in [4.69, 9.17) is 0 Å². The average molecular weight is 382 g/mol. The van der Waals surface area contributed by atoms with Crippen molar-refractivity contribution in [2.45, 2.75) is 24.0 Å². The van der Waals surface area contributed by atoms with Crippen molar-refractivity contribution in [1.82, 2.24) is 4.31 Å². The molecule has 1 unspecified atom stereocenters. The van der Waals surface area contributed by atoms with Crippen molar-refractivity contribution in [2.24, 2.45) is 5.92 Å². The lowest BCUT2D eigenvalue weighted by molar-refractivity contribution is -0.120. The third-order valence-electron chi connectivity index (χ3n) is 4.18. The van der Waals surface area contributed by atoms with Gasteiger partial charge in [0.05, 0.1) is 5.92 Å². The van der Waals surface area contributed by atoms with E-state index in [2.05, 4.69) is 5.32 Å². The zero-order valence-corrected chi connectivity index (χ0v) is 15.4. The number of amides is 1. The van der Waals surface area contributed by atoms with E-state index in [0.29, 0.717) is 29.3 Å². The van der Waals surface area contributed by atoms with Crippen LogP contribution in [0.3, 0.4) is 0 Å². The van der Waals surface area contributed by atoms with Crippen LogP contribution in [0, 0.1) is 18.7 Å². The van der Waals surface area contributed by atoms with Gasteiger partial charge in [-0.3, -0.25) is 4.79 Å². The van der Waals surface area contributed by atoms with Gasteiger partial charge in [-0.25, -0.2) is 12.8 Å². The molecular weight excluding hydrogens is 363 g/mol. The molecule has 8 heteroatoms. The zero-order chi connectivity index (χ0) is 18.0. The van der Waals surface area contributed by atoms with Crippen LogP contribution in [0.25, 0.3) is 0 Å². The van der Waals surface area contributed by atoms with Gasteiger partial charge in [-0.15, -0.1) is 11.3 Å². The van der Waals surface area contributed by atoms with Gasteiger partial charge in [0.25, 0.3) is 10.0 Å². The molecule has 25 heavy (non-hydrogen) atoms. The van der Waals surface area contributed by atoms with Gasteiger partial charge >= 0.3 is 0 Å². The number of nitrogens with one attached hydrogen (secondary N) is 1. The molecule has 1 atom stereocenters. The molecule has 5 nitrogen and oxygen atoms in total. The minimum atomic E-state index is -3.56. The van der Waals surface area contributed by atoms with Crippen molar-refractivity contribution in [1.29, 1.82) is 0 Å². The van der Waals surface area contributed by atoms with Crippen LogP contribution in [0.4, 0.5) is 10.1 Å². The van der Waals surface area contributed by atoms with Crippen molar-refractivity contribution in [3.8, 4) is 0 Å². The molecule has 1 aromatic heterocycles. The molecule has 134 valence electrons. The molecule has 0 saturated carbocycles. The molecule has 2 heterocycles. The van der Waals surface area contributed by atoms with Crippen LogP contribution in [0.1, 0.15) is 17.7 Å². The third-order valence-corrected chi connectivity index (χ3v) is 7.51. The van der Waals surface area contributed by atoms with Gasteiger partial charge in [0, 0.05) is 23.7 Å². The highest BCUT2D eigenvalue weighted by Gasteiger charge is 2.34. The van der Waals surface area contributed by atoms with Crippen molar-refractivity contribution in [3.05, 3.63) is 47.1 Å². The first-order valence-electron chi connectivity index (χ1n) is 7.99. The van der Waals surface area contributed by atoms with E-state index in [0.717, 1.165) is 4.88 Å². The number of piperidine rings is 1. The van der Waals surface area contributed by atoms with Crippen LogP contribution < -0.4 is 5.32 Å². The summed E-state index contributed by atoms with van der Waals surface area (Å²) in [7, 11) is -3.56. The Morgan fingerprint density at radius 2 is 1.96 bits per heavy atom. The van der Waals surface area contributed by atoms with Gasteiger partial charge in [0.15, 0.2) is 0 Å². The van der Waals surface area contributed by atoms with Gasteiger partial charge in [0.1, 0.15) is 10.0 Å². The highest BCUT2D eigenvalue weighted by Crippen LogP contribution is 2.28. The lowest BCUT2D eigenvalue weighted by Gasteiger charge is -2.30. The summed E-state index contributed by atoms with van der Waals surface area (Å²) in [6.45, 7) is 2.44. The van der Waals surface area contributed by atoms with E-state index in [1.165, 1.54) is 39.9 Å². The molecule has 0 aliphatic carbocycles. The van der Waals surface area contributed by atoms with Gasteiger partial charge in [-0.2, -0.15) is 4.31 Å². The summed E-state index contributed by atoms with van der Waals surface area (Å²) in [5, 5.41) is 2.73. The maximum Gasteiger partial charge on any atom is 0.252 e. The number of thiophene rings is 1. The van der Waals surface area contributed by atoms with Gasteiger partial charge in [0.2, 0.25) is 5.91 Å². The van der Waals surface area contributed by atoms with E-state index in [1.54, 1.807) is 12.1 Å². The third kappa shape index (κ3) is 4.08. The fourth-order valence-corrected chi connectivity index (χ4v) is 5.79. The average Bonchev–Trinajstić information content (AvgIpc) is 3.04. The summed E-state index contributed by atoms with van der Waals surface area (Å²) >= 11 is 1.24. The Bertz CT molecular complexity index is 862. The van der Waals surface area contributed by atoms with E-state index in [9.17, 15) is 17.6 Å². The number of hydrogen-bond donors (Lipinski definition) is 1. The fraction of sp³-hybridized carbons (Fsp3) is 0.353. The monoisotopic (exact) mass is 382 g/mol. The largest absolute Gasteiger partial charge is 0.326 e. The van der Waals surface area contributed by atoms with Gasteiger partial charge in [-0.1, -0.05) is 0 Å². The van der Waals surface area contributed by atoms with E-state index < -0.39 is 15.9 Å². The molecule has 2 aromatic rings. The first kappa shape index (κ1) is 18.0. The SMILES string of the molecule is Cc1ccc(S(=O)(=O)N2CCCC(C(=O)Nc3ccc(F)cc3)C2)s1. The minimum Gasteiger partial charge on any atom is -0.326 e. The summed E-state index contributed by atoms with van der Waals surface area (Å²) in [4.78, 5) is 13.4. The molecule has 1 aliphatic rings. The molecule has 1 aliphatic heterocycles. The lowest BCUT2D eigenvalue weighted by atomic mass is 9.99. The molecule has 0 radical (unpaired) electrons. The van der Waals surface area contributed by atoms with Gasteiger partial charge in [-0.05, 0) is 56.2 Å². The molecule has 1 fully saturated rings. The van der Waals surface area contributed by atoms with Gasteiger partial charge < -0.3 is 5.32 Å². The Morgan fingerprint density at radius 3 is 2.60 bits per heavy atom. The van der Waals surface area contributed by atoms with Crippen LogP contribution in [0.2, 0.25) is 0 Å². The number of aryl methyl sites for hydroxylation is 1. The van der Waals surface area contributed by atoms with Crippen LogP contribution in [-0.4, -0.2) is 31.7 Å². The first-order chi connectivity index (χ1) is 11.9. The Labute approximate surface area is 150 Å². The Morgan fingerprint density at radius 1 is 1.24 bits per heavy atom. The maximum absolute atomic E-state index is 12.9. The van der Waals surface area contributed by atoms with Crippen LogP contribution >= 0.6 is 11.3 Å². The molecular formula is C17H19FN2O3S2. The second-order valence-corrected chi connectivity index (χ2v) is 9.52. The standard InChI is InChI=1S/C17H19FN2O3S2/c1-12-4-9-16(24-12)25(22,23)20-10-2-3-13(11-20)17(21)19-15-7-5-14(18)6-8-15/h4-9,13H,2-3,10-11H2,1H3,(H,19,21). The second-order valence-electron chi connectivity index (χ2n) is 6.06. The first-order valence-corrected chi connectivity index (χ1v) is 10.2. The minimum absolute atomic E-state index is 0.159. The summed E-state index contributed by atoms with van der Waals surface area (Å²) in [6.07, 6.45) is 1.26. The number of anilines is 1. The fourth-order valence-electron chi connectivity index (χ4n) is 2.83. The molecule has 1 saturated heterocycles. The zero-order valence-electron chi connectivity index (χ0n) is 13.7. The number of sulfonamides is 1. The number of rotatable bonds is 4. The number of halogens is 1. The Balaban J connectivity index is 1.70. The molecule has 1 aromatic carbocycles. The van der Waals surface area contributed by atoms with E-state index in [1.807, 2.05) is 6.92 Å². The molecule has 1 N–H and O–H groups in total. The lowest BCUT2D eigenvalue weighted by Crippen LogP contribution is -2.43. The summed E-state index contributed by atoms with van der Waals surface area (Å²) in [5.74, 6) is -1.04. The molecule has 1 amide bonds. The molecule has 3 rings (SSSR count). The summed E-state index contributed by atoms with van der Waals surface area (Å²) in [6, 6.07) is 8.90. The Hall–Kier alpha value is -1.77. The van der Waals surface area contributed by atoms with Crippen LogP contribution in [0.15, 0.2) is 40.6 Å². The highest BCUT2D eigenvalue weighted by molar-refractivity contribution is 7.91. The number of carbonyl (C=O) groups excluding carboxylic acids is 1. The number of benzene rings is 1. The van der Waals surface area contributed by atoms with E-state index >= 15 is 0 Å². The van der Waals surface area contributed by atoms with Crippen LogP contribution in [-0.2, 0) is 14.8 Å². The summed E-state index contributed by atoms with van der Waals surface area (Å²) < 4.78 is 40.1. The maximum atomic E-state index is 12.9. The Kier molecular flexibility index (Phi) is 5.21. The normalized spacial score (nSPS) is 18.9. The molecule has 0 spiro atoms. The molecule has 0 bridgehead atoms. The van der Waals surface area contributed by atoms with Crippen molar-refractivity contribution in [3.63, 3.8) is 0 Å². The number of hydrogen-bond acceptors (Lipinski definition) is 4. The van der Waals surface area contributed by atoms with Crippen molar-refractivity contribution >= 4 is 33.0 Å². The van der Waals surface area contributed by atoms with Crippen molar-refractivity contribution < 1.29 is 17.6 Å². The van der Waals surface area contributed by atoms with Crippen LogP contribution in [0.5, 0.6) is 0 Å². The predicted octanol–water partition coefficient (Wildman–Crippen LogP) is 3.24. The smallest absolute Gasteiger partial charge is 0.252 e. The number of nitrogens with zero attached hydrogens (tertiary/aromatic N) is 1. The quantitative estimate of drug-likeness (QED) is 0.883. The highest BCUT2D eigenvalue weighted by atomic mass is 32.2. The second kappa shape index (κ2) is 7.23.